The highest BCUT2D eigenvalue weighted by Gasteiger charge is 2.37. The molecule has 0 saturated carbocycles. The van der Waals surface area contributed by atoms with Gasteiger partial charge in [0.2, 0.25) is 0 Å². The first kappa shape index (κ1) is 30.1. The van der Waals surface area contributed by atoms with Crippen molar-refractivity contribution < 1.29 is 32.2 Å². The van der Waals surface area contributed by atoms with Crippen LogP contribution in [0.1, 0.15) is 49.4 Å². The monoisotopic (exact) mass is 571 g/mol. The van der Waals surface area contributed by atoms with Gasteiger partial charge in [0, 0.05) is 31.1 Å². The largest absolute Gasteiger partial charge is 0.497 e. The minimum absolute atomic E-state index is 0.0848. The summed E-state index contributed by atoms with van der Waals surface area (Å²) in [5, 5.41) is 10.3. The second-order valence-corrected chi connectivity index (χ2v) is 10.7. The van der Waals surface area contributed by atoms with Crippen LogP contribution in [0.2, 0.25) is 0 Å². The highest BCUT2D eigenvalue weighted by atomic mass is 19.2. The van der Waals surface area contributed by atoms with Gasteiger partial charge >= 0.3 is 5.97 Å². The molecule has 0 spiro atoms. The Kier molecular flexibility index (Phi) is 9.38. The summed E-state index contributed by atoms with van der Waals surface area (Å²) in [7, 11) is 5.19. The highest BCUT2D eigenvalue weighted by molar-refractivity contribution is 5.88. The number of halogens is 4. The number of rotatable bonds is 9. The molecule has 218 valence electrons. The van der Waals surface area contributed by atoms with Gasteiger partial charge in [-0.05, 0) is 68.5 Å². The van der Waals surface area contributed by atoms with Crippen LogP contribution in [-0.2, 0) is 4.79 Å². The molecule has 10 heteroatoms. The van der Waals surface area contributed by atoms with E-state index in [4.69, 9.17) is 4.74 Å². The number of pyridine rings is 1. The number of carbonyl (C=O) groups is 1. The third-order valence-electron chi connectivity index (χ3n) is 7.78. The number of hydrogen-bond donors (Lipinski definition) is 1. The number of fused-ring (bicyclic) bond motifs is 1. The summed E-state index contributed by atoms with van der Waals surface area (Å²) in [6, 6.07) is 6.64. The second-order valence-electron chi connectivity index (χ2n) is 10.7. The van der Waals surface area contributed by atoms with E-state index in [0.717, 1.165) is 6.07 Å². The van der Waals surface area contributed by atoms with Crippen LogP contribution in [0.4, 0.5) is 23.2 Å². The van der Waals surface area contributed by atoms with Crippen molar-refractivity contribution in [2.45, 2.75) is 38.3 Å². The Balaban J connectivity index is 1.48. The number of methoxy groups -OCH3 is 1. The molecule has 0 amide bonds. The molecule has 1 atom stereocenters. The van der Waals surface area contributed by atoms with E-state index in [0.29, 0.717) is 66.3 Å². The van der Waals surface area contributed by atoms with E-state index in [1.165, 1.54) is 0 Å². The summed E-state index contributed by atoms with van der Waals surface area (Å²) in [6.45, 7) is 1.25. The van der Waals surface area contributed by atoms with E-state index in [-0.39, 0.29) is 24.9 Å². The number of likely N-dealkylation sites (tertiary alicyclic amines) is 1. The number of carboxylic acids is 1. The fourth-order valence-corrected chi connectivity index (χ4v) is 5.49. The predicted molar refractivity (Wildman–Crippen MR) is 149 cm³/mol. The SMILES string of the molecule is COc1ccc2ncc(N(C)C)c([C@H](F)CCC3(CC(=O)O)CCN(CC#Cc4cc(F)cc(F)c4F)CC3)c2c1. The summed E-state index contributed by atoms with van der Waals surface area (Å²) < 4.78 is 62.2. The number of benzene rings is 2. The topological polar surface area (TPSA) is 65.9 Å². The summed E-state index contributed by atoms with van der Waals surface area (Å²) in [5.74, 6) is 1.48. The number of hydrogen-bond acceptors (Lipinski definition) is 5. The van der Waals surface area contributed by atoms with Gasteiger partial charge in [-0.15, -0.1) is 0 Å². The van der Waals surface area contributed by atoms with E-state index < -0.39 is 35.0 Å². The normalized spacial score (nSPS) is 15.7. The van der Waals surface area contributed by atoms with E-state index in [1.807, 2.05) is 23.9 Å². The first-order chi connectivity index (χ1) is 19.5. The van der Waals surface area contributed by atoms with Gasteiger partial charge in [-0.25, -0.2) is 17.6 Å². The number of aliphatic carboxylic acids is 1. The Labute approximate surface area is 236 Å². The Bertz CT molecular complexity index is 1480. The molecule has 6 nitrogen and oxygen atoms in total. The van der Waals surface area contributed by atoms with Gasteiger partial charge in [0.1, 0.15) is 17.7 Å². The molecule has 1 aliphatic heterocycles. The maximum absolute atomic E-state index is 16.1. The van der Waals surface area contributed by atoms with Gasteiger partial charge in [-0.3, -0.25) is 14.7 Å². The average Bonchev–Trinajstić information content (AvgIpc) is 2.94. The minimum atomic E-state index is -1.36. The Hall–Kier alpha value is -3.84. The zero-order chi connectivity index (χ0) is 29.7. The Morgan fingerprint density at radius 1 is 1.20 bits per heavy atom. The lowest BCUT2D eigenvalue weighted by Crippen LogP contribution is -2.41. The van der Waals surface area contributed by atoms with Gasteiger partial charge in [0.15, 0.2) is 11.6 Å². The molecule has 2 heterocycles. The molecule has 1 saturated heterocycles. The quantitative estimate of drug-likeness (QED) is 0.190. The van der Waals surface area contributed by atoms with Crippen molar-refractivity contribution in [1.82, 2.24) is 9.88 Å². The van der Waals surface area contributed by atoms with E-state index >= 15 is 4.39 Å². The molecule has 41 heavy (non-hydrogen) atoms. The zero-order valence-corrected chi connectivity index (χ0v) is 23.3. The number of anilines is 1. The highest BCUT2D eigenvalue weighted by Crippen LogP contribution is 2.44. The molecule has 0 aliphatic carbocycles. The summed E-state index contributed by atoms with van der Waals surface area (Å²) in [6.07, 6.45) is 1.74. The second kappa shape index (κ2) is 12.8. The molecule has 4 rings (SSSR count). The molecule has 0 radical (unpaired) electrons. The van der Waals surface area contributed by atoms with Gasteiger partial charge in [-0.1, -0.05) is 11.8 Å². The summed E-state index contributed by atoms with van der Waals surface area (Å²) >= 11 is 0. The van der Waals surface area contributed by atoms with Crippen LogP contribution in [-0.4, -0.2) is 61.8 Å². The average molecular weight is 572 g/mol. The zero-order valence-electron chi connectivity index (χ0n) is 23.3. The lowest BCUT2D eigenvalue weighted by molar-refractivity contribution is -0.141. The van der Waals surface area contributed by atoms with Crippen molar-refractivity contribution in [1.29, 1.82) is 0 Å². The molecule has 0 unspecified atom stereocenters. The van der Waals surface area contributed by atoms with Crippen molar-refractivity contribution in [2.75, 3.05) is 45.7 Å². The molecule has 1 fully saturated rings. The molecule has 1 N–H and O–H groups in total. The van der Waals surface area contributed by atoms with Crippen LogP contribution in [0.25, 0.3) is 10.9 Å². The Morgan fingerprint density at radius 3 is 2.59 bits per heavy atom. The third kappa shape index (κ3) is 7.09. The lowest BCUT2D eigenvalue weighted by atomic mass is 9.71. The fraction of sp³-hybridized carbons (Fsp3) is 0.419. The van der Waals surface area contributed by atoms with E-state index in [2.05, 4.69) is 16.8 Å². The van der Waals surface area contributed by atoms with Crippen LogP contribution in [0.3, 0.4) is 0 Å². The van der Waals surface area contributed by atoms with E-state index in [9.17, 15) is 23.1 Å². The number of aromatic nitrogens is 1. The van der Waals surface area contributed by atoms with Crippen molar-refractivity contribution in [3.05, 3.63) is 65.1 Å². The van der Waals surface area contributed by atoms with Crippen molar-refractivity contribution in [2.24, 2.45) is 5.41 Å². The smallest absolute Gasteiger partial charge is 0.303 e. The number of alkyl halides is 1. The van der Waals surface area contributed by atoms with E-state index in [1.54, 1.807) is 31.5 Å². The van der Waals surface area contributed by atoms with Gasteiger partial charge < -0.3 is 14.7 Å². The van der Waals surface area contributed by atoms with Crippen LogP contribution in [0, 0.1) is 34.7 Å². The fourth-order valence-electron chi connectivity index (χ4n) is 5.49. The van der Waals surface area contributed by atoms with Gasteiger partial charge in [0.25, 0.3) is 0 Å². The van der Waals surface area contributed by atoms with Crippen molar-refractivity contribution >= 4 is 22.6 Å². The number of piperidine rings is 1. The van der Waals surface area contributed by atoms with Crippen LogP contribution in [0.15, 0.2) is 36.5 Å². The molecule has 1 aliphatic rings. The molecule has 2 aromatic carbocycles. The first-order valence-electron chi connectivity index (χ1n) is 13.4. The van der Waals surface area contributed by atoms with Gasteiger partial charge in [0.05, 0.1) is 43.0 Å². The van der Waals surface area contributed by atoms with Crippen LogP contribution in [0.5, 0.6) is 5.75 Å². The summed E-state index contributed by atoms with van der Waals surface area (Å²) in [4.78, 5) is 20.1. The van der Waals surface area contributed by atoms with Crippen LogP contribution < -0.4 is 9.64 Å². The Morgan fingerprint density at radius 2 is 1.93 bits per heavy atom. The maximum atomic E-state index is 16.1. The number of nitrogens with zero attached hydrogens (tertiary/aromatic N) is 3. The molecular formula is C31H33F4N3O3. The molecule has 0 bridgehead atoms. The first-order valence-corrected chi connectivity index (χ1v) is 13.4. The van der Waals surface area contributed by atoms with Crippen LogP contribution >= 0.6 is 0 Å². The lowest BCUT2D eigenvalue weighted by Gasteiger charge is -2.41. The third-order valence-corrected chi connectivity index (χ3v) is 7.78. The summed E-state index contributed by atoms with van der Waals surface area (Å²) in [5.41, 5.74) is 0.833. The molecule has 1 aromatic heterocycles. The predicted octanol–water partition coefficient (Wildman–Crippen LogP) is 6.13. The molecular weight excluding hydrogens is 538 g/mol. The van der Waals surface area contributed by atoms with Gasteiger partial charge in [-0.2, -0.15) is 0 Å². The molecule has 3 aromatic rings. The maximum Gasteiger partial charge on any atom is 0.303 e. The van der Waals surface area contributed by atoms with Crippen molar-refractivity contribution in [3.63, 3.8) is 0 Å². The minimum Gasteiger partial charge on any atom is -0.497 e. The van der Waals surface area contributed by atoms with Crippen molar-refractivity contribution in [3.8, 4) is 17.6 Å². The standard InChI is InChI=1S/C31H33F4N3O3/c1-37(2)27-19-36-26-7-6-22(41-3)17-23(26)29(27)24(33)8-9-31(18-28(39)40)10-13-38(14-11-31)12-4-5-20-15-21(32)16-25(34)30(20)35/h6-7,15-17,19,24H,8-14,18H2,1-3H3,(H,39,40)/t24-/m1/s1. The number of ether oxygens (including phenoxy) is 1. The number of carboxylic acid groups (broad SMARTS) is 1.